The molecule has 11 aliphatic rings. The molecule has 0 bridgehead atoms. The highest BCUT2D eigenvalue weighted by molar-refractivity contribution is 5.87. The molecule has 11 rings (SSSR count). The van der Waals surface area contributed by atoms with E-state index in [0.29, 0.717) is 31.6 Å². The molecule has 0 radical (unpaired) electrons. The molecule has 11 saturated heterocycles. The molecule has 11 heterocycles. The van der Waals surface area contributed by atoms with Crippen LogP contribution in [0.1, 0.15) is 27.2 Å². The van der Waals surface area contributed by atoms with E-state index in [4.69, 9.17) is 43.7 Å². The number of rotatable bonds is 3. The SMILES string of the molecule is CC1CN(C)C1.CN1CC(=O)C1.CN1CC(C)(O)C1.CN1CC(O)C1.CN1CC2(C1)OCC(CO)O2.CN1CC2(C1)OCCO2.CN1CCC1.COC1(C)CN(C)C1.COC1CN(C)C1. The van der Waals surface area contributed by atoms with Gasteiger partial charge in [-0.2, -0.15) is 0 Å². The zero-order valence-electron chi connectivity index (χ0n) is 43.3. The van der Waals surface area contributed by atoms with Crippen LogP contribution in [-0.4, -0.2) is 328 Å². The van der Waals surface area contributed by atoms with Crippen molar-refractivity contribution in [1.29, 1.82) is 0 Å². The van der Waals surface area contributed by atoms with Gasteiger partial charge in [0.25, 0.3) is 0 Å². The minimum absolute atomic E-state index is 0.0324. The highest BCUT2D eigenvalue weighted by Crippen LogP contribution is 2.32. The topological polar surface area (TPSA) is 162 Å². The zero-order chi connectivity index (χ0) is 48.6. The van der Waals surface area contributed by atoms with Crippen molar-refractivity contribution in [2.75, 3.05) is 222 Å². The molecule has 0 aromatic rings. The number of likely N-dealkylation sites (tertiary alicyclic amines) is 9. The van der Waals surface area contributed by atoms with Crippen LogP contribution in [0.25, 0.3) is 0 Å². The maximum Gasteiger partial charge on any atom is 0.194 e. The van der Waals surface area contributed by atoms with Crippen LogP contribution in [0.4, 0.5) is 0 Å². The fourth-order valence-corrected chi connectivity index (χ4v) is 8.94. The summed E-state index contributed by atoms with van der Waals surface area (Å²) in [6.07, 6.45) is 1.79. The summed E-state index contributed by atoms with van der Waals surface area (Å²) in [5.41, 5.74) is -0.219. The predicted octanol–water partition coefficient (Wildman–Crippen LogP) is -1.64. The Morgan fingerprint density at radius 3 is 1.23 bits per heavy atom. The molecule has 11 aliphatic heterocycles. The van der Waals surface area contributed by atoms with Gasteiger partial charge in [-0.05, 0) is 103 Å². The number of aliphatic hydroxyl groups excluding tert-OH is 2. The molecule has 0 aromatic carbocycles. The van der Waals surface area contributed by atoms with Crippen molar-refractivity contribution >= 4 is 5.78 Å². The third kappa shape index (κ3) is 21.6. The summed E-state index contributed by atoms with van der Waals surface area (Å²) in [4.78, 5) is 29.6. The van der Waals surface area contributed by atoms with Gasteiger partial charge in [0.1, 0.15) is 6.10 Å². The number of likely N-dealkylation sites (N-methyl/N-ethyl adjacent to an activating group) is 7. The van der Waals surface area contributed by atoms with E-state index in [-0.39, 0.29) is 41.6 Å². The summed E-state index contributed by atoms with van der Waals surface area (Å²) in [7, 11) is 22.0. The third-order valence-electron chi connectivity index (χ3n) is 12.5. The molecule has 384 valence electrons. The monoisotopic (exact) mass is 934 g/mol. The summed E-state index contributed by atoms with van der Waals surface area (Å²) in [6.45, 7) is 26.2. The van der Waals surface area contributed by atoms with Crippen LogP contribution < -0.4 is 0 Å². The number of carbonyl (C=O) groups is 1. The van der Waals surface area contributed by atoms with Crippen molar-refractivity contribution in [3.05, 3.63) is 0 Å². The summed E-state index contributed by atoms with van der Waals surface area (Å²) >= 11 is 0. The normalized spacial score (nSPS) is 29.1. The van der Waals surface area contributed by atoms with E-state index in [1.54, 1.807) is 14.2 Å². The lowest BCUT2D eigenvalue weighted by molar-refractivity contribution is -0.242. The molecule has 1 atom stereocenters. The third-order valence-corrected chi connectivity index (χ3v) is 12.5. The van der Waals surface area contributed by atoms with Gasteiger partial charge in [0.05, 0.1) is 89.1 Å². The molecule has 65 heavy (non-hydrogen) atoms. The van der Waals surface area contributed by atoms with Gasteiger partial charge in [0.2, 0.25) is 0 Å². The summed E-state index contributed by atoms with van der Waals surface area (Å²) in [6, 6.07) is 0. The Balaban J connectivity index is 0.000000196. The van der Waals surface area contributed by atoms with Crippen molar-refractivity contribution in [3.63, 3.8) is 0 Å². The molecule has 3 N–H and O–H groups in total. The van der Waals surface area contributed by atoms with Crippen LogP contribution in [-0.2, 0) is 33.2 Å². The maximum absolute atomic E-state index is 10.1. The van der Waals surface area contributed by atoms with Crippen LogP contribution in [0, 0.1) is 5.92 Å². The average Bonchev–Trinajstić information content (AvgIpc) is 3.81. The Bertz CT molecular complexity index is 1270. The largest absolute Gasteiger partial charge is 0.394 e. The quantitative estimate of drug-likeness (QED) is 0.296. The fraction of sp³-hybridized carbons (Fsp3) is 0.978. The number of aliphatic hydroxyl groups is 3. The lowest BCUT2D eigenvalue weighted by Gasteiger charge is -2.44. The van der Waals surface area contributed by atoms with Gasteiger partial charge < -0.3 is 73.1 Å². The number of ketones is 1. The molecule has 19 heteroatoms. The lowest BCUT2D eigenvalue weighted by Crippen LogP contribution is -2.61. The van der Waals surface area contributed by atoms with Crippen molar-refractivity contribution in [3.8, 4) is 0 Å². The maximum atomic E-state index is 10.1. The van der Waals surface area contributed by atoms with Gasteiger partial charge >= 0.3 is 0 Å². The first-order chi connectivity index (χ1) is 30.4. The summed E-state index contributed by atoms with van der Waals surface area (Å²) in [5.74, 6) is 0.768. The van der Waals surface area contributed by atoms with Gasteiger partial charge in [0.15, 0.2) is 17.4 Å². The first-order valence-corrected chi connectivity index (χ1v) is 23.8. The van der Waals surface area contributed by atoms with E-state index in [9.17, 15) is 4.79 Å². The van der Waals surface area contributed by atoms with Gasteiger partial charge in [0, 0.05) is 79.7 Å². The number of nitrogens with zero attached hydrogens (tertiary/aromatic N) is 9. The van der Waals surface area contributed by atoms with E-state index in [0.717, 1.165) is 97.7 Å². The van der Waals surface area contributed by atoms with E-state index in [2.05, 4.69) is 88.3 Å². The molecule has 0 aromatic heterocycles. The molecule has 19 nitrogen and oxygen atoms in total. The van der Waals surface area contributed by atoms with Gasteiger partial charge in [-0.3, -0.25) is 19.5 Å². The standard InChI is InChI=1S/C7H13NO3.C6H11NO2.C6H13NO.2C5H11NO.C5H11N.C4H9NO.C4H7NO.C4H9N/c1-8-4-7(5-8)10-3-6(2-9)11-7;1-7-4-6(5-7)8-2-3-9-6;1-6(8-3)4-7(2)5-6;1-6-3-5(4-6)7-2;1-5(7)3-6(2)4-5;1-5-3-6(2)4-5;2*1-5-2-4(6)3-5;1-5-3-2-4-5/h6,9H,2-5H2,1H3;2-5H2,1H3;4-5H2,1-3H3;5H,3-4H2,1-2H3;7H,3-4H2,1-2H3;5H,3-4H2,1-2H3;4,6H,2-3H2,1H3;2-3H2,1H3;2-4H2,1H3. The van der Waals surface area contributed by atoms with Crippen LogP contribution in [0.2, 0.25) is 0 Å². The molecule has 0 amide bonds. The van der Waals surface area contributed by atoms with Crippen LogP contribution in [0.3, 0.4) is 0 Å². The predicted molar refractivity (Wildman–Crippen MR) is 254 cm³/mol. The minimum atomic E-state index is -0.380. The van der Waals surface area contributed by atoms with Crippen LogP contribution in [0.15, 0.2) is 0 Å². The van der Waals surface area contributed by atoms with Gasteiger partial charge in [-0.15, -0.1) is 0 Å². The second kappa shape index (κ2) is 27.4. The van der Waals surface area contributed by atoms with Crippen molar-refractivity contribution in [2.45, 2.75) is 68.3 Å². The number of carbonyl (C=O) groups excluding carboxylic acids is 1. The Kier molecular flexibility index (Phi) is 24.5. The van der Waals surface area contributed by atoms with Crippen molar-refractivity contribution in [1.82, 2.24) is 44.1 Å². The second-order valence-electron chi connectivity index (χ2n) is 21.2. The number of ether oxygens (including phenoxy) is 6. The van der Waals surface area contributed by atoms with E-state index < -0.39 is 0 Å². The van der Waals surface area contributed by atoms with E-state index >= 15 is 0 Å². The number of methoxy groups -OCH3 is 2. The van der Waals surface area contributed by atoms with Crippen molar-refractivity contribution < 1.29 is 48.5 Å². The number of hydrogen-bond donors (Lipinski definition) is 3. The lowest BCUT2D eigenvalue weighted by atomic mass is 9.98. The second-order valence-corrected chi connectivity index (χ2v) is 21.2. The Hall–Kier alpha value is -1.05. The highest BCUT2D eigenvalue weighted by atomic mass is 16.8. The number of hydrogen-bond acceptors (Lipinski definition) is 19. The number of Topliss-reactive ketones (excluding diaryl/α,β-unsaturated/α-hetero) is 1. The fourth-order valence-electron chi connectivity index (χ4n) is 8.94. The smallest absolute Gasteiger partial charge is 0.194 e. The first-order valence-electron chi connectivity index (χ1n) is 23.8. The van der Waals surface area contributed by atoms with Gasteiger partial charge in [-0.1, -0.05) is 6.92 Å². The van der Waals surface area contributed by atoms with Crippen LogP contribution >= 0.6 is 0 Å². The molecule has 11 fully saturated rings. The first kappa shape index (κ1) is 58.3. The van der Waals surface area contributed by atoms with Crippen LogP contribution in [0.5, 0.6) is 0 Å². The van der Waals surface area contributed by atoms with E-state index in [1.165, 1.54) is 32.6 Å². The van der Waals surface area contributed by atoms with E-state index in [1.807, 2.05) is 40.0 Å². The summed E-state index contributed by atoms with van der Waals surface area (Å²) in [5, 5.41) is 26.4. The molecular weight excluding hydrogens is 839 g/mol. The Morgan fingerprint density at radius 2 is 1.06 bits per heavy atom. The van der Waals surface area contributed by atoms with Crippen molar-refractivity contribution in [2.24, 2.45) is 5.92 Å². The molecule has 0 aliphatic carbocycles. The molecular formula is C46H95N9O10. The van der Waals surface area contributed by atoms with Gasteiger partial charge in [-0.25, -0.2) is 0 Å². The Morgan fingerprint density at radius 1 is 0.615 bits per heavy atom. The average molecular weight is 934 g/mol. The highest BCUT2D eigenvalue weighted by Gasteiger charge is 2.49. The molecule has 0 saturated carbocycles. The number of β-amino-alcohol motifs (C(OH)–C–C–N with tert-alkyl or cyclic N) is 2. The molecule has 2 spiro atoms. The summed E-state index contributed by atoms with van der Waals surface area (Å²) < 4.78 is 31.9. The Labute approximate surface area is 393 Å². The minimum Gasteiger partial charge on any atom is -0.394 e. The molecule has 1 unspecified atom stereocenters. The zero-order valence-corrected chi connectivity index (χ0v) is 43.3.